The van der Waals surface area contributed by atoms with Crippen LogP contribution in [0.4, 0.5) is 60.9 Å². The number of pyridine rings is 1. The van der Waals surface area contributed by atoms with Crippen molar-refractivity contribution in [2.24, 2.45) is 0 Å². The van der Waals surface area contributed by atoms with Gasteiger partial charge in [0.1, 0.15) is 67.2 Å². The minimum atomic E-state index is -4.59. The predicted octanol–water partition coefficient (Wildman–Crippen LogP) is 14.8. The number of likely N-dealkylation sites (tertiary alicyclic amines) is 4. The van der Waals surface area contributed by atoms with Crippen molar-refractivity contribution in [2.75, 3.05) is 208 Å². The van der Waals surface area contributed by atoms with Gasteiger partial charge < -0.3 is 82.6 Å². The van der Waals surface area contributed by atoms with Gasteiger partial charge in [0.25, 0.3) is 5.91 Å². The minimum absolute atomic E-state index is 0. The van der Waals surface area contributed by atoms with E-state index in [2.05, 4.69) is 134 Å². The number of aromatic amines is 1. The maximum atomic E-state index is 14.8. The van der Waals surface area contributed by atoms with E-state index < -0.39 is 41.4 Å². The van der Waals surface area contributed by atoms with Crippen LogP contribution >= 0.6 is 38.6 Å². The molecule has 778 valence electrons. The predicted molar refractivity (Wildman–Crippen MR) is 571 cm³/mol. The van der Waals surface area contributed by atoms with Crippen molar-refractivity contribution >= 4 is 129 Å². The molecule has 1 unspecified atom stereocenters. The van der Waals surface area contributed by atoms with Gasteiger partial charge in [0.05, 0.1) is 64.7 Å². The molecule has 10 aliphatic rings. The molecule has 10 aliphatic heterocycles. The highest BCUT2D eigenvalue weighted by Crippen LogP contribution is 2.47. The molecule has 0 saturated carbocycles. The zero-order chi connectivity index (χ0) is 101. The van der Waals surface area contributed by atoms with Crippen LogP contribution < -0.4 is 43.6 Å². The highest BCUT2D eigenvalue weighted by Gasteiger charge is 2.45. The fraction of sp³-hybridized carbons (Fsp3) is 0.477. The molecule has 1 N–H and O–H groups in total. The van der Waals surface area contributed by atoms with Gasteiger partial charge in [-0.2, -0.15) is 75.2 Å². The Morgan fingerprint density at radius 2 is 1.03 bits per heavy atom. The van der Waals surface area contributed by atoms with Gasteiger partial charge in [-0.1, -0.05) is 86.3 Å². The number of hydrogen-bond acceptors (Lipinski definition) is 24. The number of benzene rings is 5. The molecule has 0 spiro atoms. The lowest BCUT2D eigenvalue weighted by molar-refractivity contribution is -0.137. The largest absolute Gasteiger partial charge is 0.462 e. The molecule has 3 amide bonds. The van der Waals surface area contributed by atoms with Gasteiger partial charge in [-0.15, -0.1) is 0 Å². The lowest BCUT2D eigenvalue weighted by atomic mass is 9.98. The van der Waals surface area contributed by atoms with Crippen LogP contribution in [0.3, 0.4) is 0 Å². The molecule has 5 aromatic heterocycles. The van der Waals surface area contributed by atoms with Gasteiger partial charge in [-0.05, 0) is 170 Å². The van der Waals surface area contributed by atoms with Crippen LogP contribution in [0.15, 0.2) is 140 Å². The lowest BCUT2D eigenvalue weighted by Gasteiger charge is -2.41. The maximum absolute atomic E-state index is 14.8. The minimum Gasteiger partial charge on any atom is -0.462 e. The van der Waals surface area contributed by atoms with E-state index in [9.17, 15) is 40.7 Å². The van der Waals surface area contributed by atoms with Crippen LogP contribution in [-0.4, -0.2) is 324 Å². The summed E-state index contributed by atoms with van der Waals surface area (Å²) in [5, 5.41) is 12.5. The second-order valence-corrected chi connectivity index (χ2v) is 39.8. The standard InChI is InChI=1S/C38H42N8O2.C37H43ClF2N8O2.C31H35F4N9O2.CH4.2H2S/c1-27-7-4-8-29-9-5-11-34(36(27)29)44-20-16-32-33(25-44)41-38(48-26-30-10-6-19-43(30)3)42-37(32)45-21-22-46(31(24-45)23-39-2)35(47)13-12-28-14-17-40-18-15-28;1-37(40)17-27(44(3)24-37)23-50-36-42-31-22-46(32-10-5-8-25-7-4-9-30(38)34(25)32)14-12-29(31)35(43-36)47-15-16-48(28(21-47)18-41-2)33(49)11-6-13-45-19-26(39)20-45;1-18-12-24-23(14-37-40-24)27(26(18)31(33,34)35)42-9-7-22-25(16-42)38-30(46-17-20-6-5-8-41(20)4)39-28(22)43-10-11-44(29(45)19(2)32)21(15-43)13-36-3;;;/h4-5,7-9,11-15,17-18,30-31H,6,10,16,19-26H2,1,3H3;4-11,26-28H,12-24H2,1,3H3;12,14,20-21H,2,5-11,13,15-17H2,1,4H3,(H,37,40);1H4;2*1H2/b13-12+;11-6+;;;;/t30-,31-;27-,28-,37?;20-,21-;;;/m000.../s1. The normalized spacial score (nSPS) is 21.4. The molecule has 7 atom stereocenters. The molecule has 0 radical (unpaired) electrons. The van der Waals surface area contributed by atoms with Gasteiger partial charge >= 0.3 is 24.2 Å². The second-order valence-electron chi connectivity index (χ2n) is 39.4. The van der Waals surface area contributed by atoms with E-state index in [0.717, 1.165) is 114 Å². The lowest BCUT2D eigenvalue weighted by Crippen LogP contribution is -2.57. The van der Waals surface area contributed by atoms with E-state index in [-0.39, 0.29) is 146 Å². The Morgan fingerprint density at radius 3 is 1.50 bits per heavy atom. The van der Waals surface area contributed by atoms with Crippen LogP contribution in [0.1, 0.15) is 102 Å². The van der Waals surface area contributed by atoms with Crippen molar-refractivity contribution in [1.29, 1.82) is 0 Å². The van der Waals surface area contributed by atoms with Gasteiger partial charge in [0.15, 0.2) is 5.83 Å². The number of nitrogens with one attached hydrogen (secondary N) is 1. The van der Waals surface area contributed by atoms with E-state index in [1.807, 2.05) is 64.0 Å². The van der Waals surface area contributed by atoms with Crippen molar-refractivity contribution in [3.8, 4) is 18.0 Å². The van der Waals surface area contributed by atoms with Crippen molar-refractivity contribution in [2.45, 2.75) is 153 Å². The van der Waals surface area contributed by atoms with Crippen LogP contribution in [-0.2, 0) is 59.5 Å². The summed E-state index contributed by atoms with van der Waals surface area (Å²) in [4.78, 5) is 110. The summed E-state index contributed by atoms with van der Waals surface area (Å²) >= 11 is 6.72. The van der Waals surface area contributed by atoms with E-state index in [0.29, 0.717) is 157 Å². The van der Waals surface area contributed by atoms with Crippen LogP contribution in [0.25, 0.3) is 53.1 Å². The SMILES string of the molecule is C.S.S.[C-]#[N+]C[C@H]1CN(c2nc(OC[C@@H]3CC(C)(F)CN3C)nc3c2CCN(c2cccc4cccc(Cl)c24)C3)CCN1C(=O)/C=C/CN1CC(F)C1.[C-]#[N+]C[C@H]1CN(c2nc(OC[C@@H]3CCCN3C)nc3c2CCN(c2c(C(F)(F)F)c(C)cc4[nH]ncc24)C3)CCN1C(=O)C(=C)F.[C-]#[N+]C[C@H]1CN(c2nc(OC[C@@H]3CCCN3C)nc3c2CCN(c2cccc4cccc(C)c24)C3)CCN1C(=O)/C=C/c1ccncc1. The van der Waals surface area contributed by atoms with Crippen LogP contribution in [0, 0.1) is 33.6 Å². The Kier molecular flexibility index (Phi) is 35.1. The Bertz CT molecular complexity index is 6610. The third-order valence-corrected chi connectivity index (χ3v) is 29.9. The number of carbonyl (C=O) groups excluding carboxylic acids is 3. The van der Waals surface area contributed by atoms with Crippen molar-refractivity contribution in [3.63, 3.8) is 0 Å². The zero-order valence-corrected chi connectivity index (χ0v) is 85.8. The molecular weight excluding hydrogens is 1940 g/mol. The first kappa shape index (κ1) is 108. The van der Waals surface area contributed by atoms with Crippen molar-refractivity contribution in [3.05, 3.63) is 236 Å². The smallest absolute Gasteiger partial charge is 0.418 e. The fourth-order valence-electron chi connectivity index (χ4n) is 22.1. The average Bonchev–Trinajstić information content (AvgIpc) is 1.70. The molecule has 7 saturated heterocycles. The summed E-state index contributed by atoms with van der Waals surface area (Å²) in [6.45, 7) is 43.1. The molecule has 7 fully saturated rings. The number of aromatic nitrogens is 9. The summed E-state index contributed by atoms with van der Waals surface area (Å²) in [6, 6.07) is 30.3. The number of hydrogen-bond donors (Lipinski definition) is 1. The van der Waals surface area contributed by atoms with Gasteiger partial charge in [0, 0.05) is 198 Å². The molecule has 20 rings (SSSR count). The number of ether oxygens (including phenoxy) is 3. The van der Waals surface area contributed by atoms with E-state index in [4.69, 9.17) is 75.4 Å². The monoisotopic (exact) mass is 2070 g/mol. The number of alkyl halides is 5. The van der Waals surface area contributed by atoms with Crippen LogP contribution in [0.5, 0.6) is 18.0 Å². The number of H-pyrrole nitrogens is 1. The maximum Gasteiger partial charge on any atom is 0.418 e. The topological polar surface area (TPSA) is 253 Å². The zero-order valence-electron chi connectivity index (χ0n) is 83.0. The number of fused-ring (bicyclic) bond motifs is 6. The van der Waals surface area contributed by atoms with E-state index >= 15 is 0 Å². The third-order valence-electron chi connectivity index (χ3n) is 29.6. The fourth-order valence-corrected chi connectivity index (χ4v) is 22.4. The molecule has 0 bridgehead atoms. The summed E-state index contributed by atoms with van der Waals surface area (Å²) < 4.78 is 104. The number of halogens is 7. The highest BCUT2D eigenvalue weighted by molar-refractivity contribution is 7.59. The first-order valence-corrected chi connectivity index (χ1v) is 49.8. The summed E-state index contributed by atoms with van der Waals surface area (Å²) in [6.07, 6.45) is 12.7. The first-order valence-electron chi connectivity index (χ1n) is 49.5. The summed E-state index contributed by atoms with van der Waals surface area (Å²) in [5.74, 6) is 0.0168. The second kappa shape index (κ2) is 47.6. The molecule has 0 aliphatic carbocycles. The van der Waals surface area contributed by atoms with Gasteiger partial charge in [-0.3, -0.25) is 34.3 Å². The van der Waals surface area contributed by atoms with E-state index in [1.165, 1.54) is 52.5 Å². The number of carbonyl (C=O) groups is 3. The third kappa shape index (κ3) is 24.5. The Balaban J connectivity index is 0.000000164. The number of rotatable bonds is 24. The van der Waals surface area contributed by atoms with Crippen LogP contribution in [0.2, 0.25) is 5.02 Å². The molecule has 15 heterocycles. The van der Waals surface area contributed by atoms with Gasteiger partial charge in [-0.25, -0.2) is 32.9 Å². The molecule has 147 heavy (non-hydrogen) atoms. The number of aryl methyl sites for hydroxylation is 2. The Labute approximate surface area is 873 Å². The number of anilines is 6. The Hall–Kier alpha value is -12.8. The number of likely N-dealkylation sites (N-methyl/N-ethyl adjacent to an activating group) is 3. The molecule has 10 aromatic rings. The quantitative estimate of drug-likeness (QED) is 0.0335. The summed E-state index contributed by atoms with van der Waals surface area (Å²) in [5.41, 5.74) is 8.37. The molecule has 31 nitrogen and oxygen atoms in total. The average molecular weight is 2070 g/mol. The number of piperazine rings is 3. The van der Waals surface area contributed by atoms with Gasteiger partial charge in [0.2, 0.25) is 31.4 Å². The summed E-state index contributed by atoms with van der Waals surface area (Å²) in [7, 11) is 6.08. The highest BCUT2D eigenvalue weighted by atomic mass is 35.5. The Morgan fingerprint density at radius 1 is 0.565 bits per heavy atom. The molecule has 5 aromatic carbocycles. The number of nitrogens with zero attached hydrogens (tertiary/aromatic N) is 24. The van der Waals surface area contributed by atoms with E-state index in [1.54, 1.807) is 53.4 Å². The van der Waals surface area contributed by atoms with Crippen molar-refractivity contribution < 1.29 is 54.9 Å². The molecule has 40 heteroatoms. The van der Waals surface area contributed by atoms with Crippen molar-refractivity contribution in [1.82, 2.24) is 79.4 Å². The number of amides is 3. The first-order chi connectivity index (χ1) is 69.5. The molecular formula is C107H128ClF6N25O6S2.